The van der Waals surface area contributed by atoms with Crippen molar-refractivity contribution >= 4 is 22.9 Å². The lowest BCUT2D eigenvalue weighted by atomic mass is 9.84. The van der Waals surface area contributed by atoms with Gasteiger partial charge in [-0.05, 0) is 44.0 Å². The quantitative estimate of drug-likeness (QED) is 0.837. The van der Waals surface area contributed by atoms with Gasteiger partial charge >= 0.3 is 0 Å². The van der Waals surface area contributed by atoms with Crippen LogP contribution in [0.3, 0.4) is 0 Å². The number of fused-ring (bicyclic) bond motifs is 1. The summed E-state index contributed by atoms with van der Waals surface area (Å²) in [4.78, 5) is 17.3. The third-order valence-corrected chi connectivity index (χ3v) is 5.65. The first kappa shape index (κ1) is 15.5. The maximum atomic E-state index is 13.0. The highest BCUT2D eigenvalue weighted by Gasteiger charge is 2.31. The average molecular weight is 343 g/mol. The van der Waals surface area contributed by atoms with Crippen LogP contribution in [0.15, 0.2) is 30.3 Å². The zero-order valence-electron chi connectivity index (χ0n) is 13.8. The van der Waals surface area contributed by atoms with Gasteiger partial charge in [-0.2, -0.15) is 0 Å². The van der Waals surface area contributed by atoms with E-state index in [1.807, 2.05) is 23.1 Å². The van der Waals surface area contributed by atoms with Gasteiger partial charge in [-0.1, -0.05) is 6.42 Å². The number of thiophene rings is 1. The number of hydrogen-bond acceptors (Lipinski definition) is 4. The minimum Gasteiger partial charge on any atom is -0.486 e. The lowest BCUT2D eigenvalue weighted by molar-refractivity contribution is -0.124. The van der Waals surface area contributed by atoms with Crippen LogP contribution < -0.4 is 14.4 Å². The molecule has 1 aliphatic carbocycles. The highest BCUT2D eigenvalue weighted by Crippen LogP contribution is 2.37. The van der Waals surface area contributed by atoms with E-state index >= 15 is 0 Å². The molecule has 0 N–H and O–H groups in total. The summed E-state index contributed by atoms with van der Waals surface area (Å²) in [6.07, 6.45) is 3.16. The predicted octanol–water partition coefficient (Wildman–Crippen LogP) is 4.16. The lowest BCUT2D eigenvalue weighted by Crippen LogP contribution is -2.38. The minimum atomic E-state index is 0.166. The molecule has 4 rings (SSSR count). The Labute approximate surface area is 146 Å². The van der Waals surface area contributed by atoms with Crippen LogP contribution in [-0.2, 0) is 11.3 Å². The van der Waals surface area contributed by atoms with Crippen molar-refractivity contribution in [2.45, 2.75) is 32.7 Å². The second kappa shape index (κ2) is 6.48. The van der Waals surface area contributed by atoms with Gasteiger partial charge in [0.25, 0.3) is 0 Å². The fraction of sp³-hybridized carbons (Fsp3) is 0.421. The number of rotatable bonds is 4. The van der Waals surface area contributed by atoms with Crippen molar-refractivity contribution in [3.63, 3.8) is 0 Å². The molecule has 1 saturated carbocycles. The zero-order chi connectivity index (χ0) is 16.5. The van der Waals surface area contributed by atoms with Crippen LogP contribution in [0.2, 0.25) is 0 Å². The van der Waals surface area contributed by atoms with E-state index in [4.69, 9.17) is 9.47 Å². The summed E-state index contributed by atoms with van der Waals surface area (Å²) in [7, 11) is 0. The Bertz CT molecular complexity index is 751. The molecule has 2 aromatic rings. The molecule has 2 heterocycles. The van der Waals surface area contributed by atoms with Crippen molar-refractivity contribution in [1.82, 2.24) is 0 Å². The Morgan fingerprint density at radius 3 is 2.62 bits per heavy atom. The van der Waals surface area contributed by atoms with Gasteiger partial charge in [-0.15, -0.1) is 11.3 Å². The standard InChI is InChI=1S/C19H21NO3S/c1-13-5-7-16(24-13)12-20(19(21)14-3-2-4-14)15-6-8-17-18(11-15)23-10-9-22-17/h5-8,11,14H,2-4,9-10,12H2,1H3. The highest BCUT2D eigenvalue weighted by molar-refractivity contribution is 7.11. The van der Waals surface area contributed by atoms with Crippen molar-refractivity contribution < 1.29 is 14.3 Å². The Hall–Kier alpha value is -2.01. The molecule has 0 unspecified atom stereocenters. The van der Waals surface area contributed by atoms with Gasteiger partial charge in [0.1, 0.15) is 13.2 Å². The number of amides is 1. The van der Waals surface area contributed by atoms with E-state index in [2.05, 4.69) is 19.1 Å². The van der Waals surface area contributed by atoms with Crippen LogP contribution in [0.25, 0.3) is 0 Å². The molecule has 0 spiro atoms. The molecule has 1 amide bonds. The number of hydrogen-bond donors (Lipinski definition) is 0. The summed E-state index contributed by atoms with van der Waals surface area (Å²) in [5.74, 6) is 1.88. The number of nitrogens with zero attached hydrogens (tertiary/aromatic N) is 1. The third kappa shape index (κ3) is 3.00. The van der Waals surface area contributed by atoms with Crippen molar-refractivity contribution in [1.29, 1.82) is 0 Å². The number of ether oxygens (including phenoxy) is 2. The van der Waals surface area contributed by atoms with Crippen LogP contribution in [-0.4, -0.2) is 19.1 Å². The van der Waals surface area contributed by atoms with Crippen LogP contribution in [0.4, 0.5) is 5.69 Å². The Morgan fingerprint density at radius 2 is 1.96 bits per heavy atom. The van der Waals surface area contributed by atoms with Gasteiger partial charge in [0.2, 0.25) is 5.91 Å². The molecule has 0 atom stereocenters. The molecule has 24 heavy (non-hydrogen) atoms. The number of carbonyl (C=O) groups is 1. The summed E-state index contributed by atoms with van der Waals surface area (Å²) in [5.41, 5.74) is 0.891. The molecular formula is C19H21NO3S. The first-order valence-corrected chi connectivity index (χ1v) is 9.29. The summed E-state index contributed by atoms with van der Waals surface area (Å²) in [5, 5.41) is 0. The van der Waals surface area contributed by atoms with Gasteiger partial charge in [0.15, 0.2) is 11.5 Å². The van der Waals surface area contributed by atoms with E-state index in [9.17, 15) is 4.79 Å². The van der Waals surface area contributed by atoms with E-state index in [-0.39, 0.29) is 11.8 Å². The molecule has 126 valence electrons. The lowest BCUT2D eigenvalue weighted by Gasteiger charge is -2.32. The van der Waals surface area contributed by atoms with Crippen LogP contribution in [0.1, 0.15) is 29.0 Å². The first-order chi connectivity index (χ1) is 11.7. The molecular weight excluding hydrogens is 322 g/mol. The number of carbonyl (C=O) groups excluding carboxylic acids is 1. The second-order valence-electron chi connectivity index (χ2n) is 6.39. The average Bonchev–Trinajstić information content (AvgIpc) is 2.95. The first-order valence-electron chi connectivity index (χ1n) is 8.47. The second-order valence-corrected chi connectivity index (χ2v) is 7.76. The molecule has 2 aliphatic rings. The van der Waals surface area contributed by atoms with E-state index in [1.165, 1.54) is 9.75 Å². The maximum Gasteiger partial charge on any atom is 0.230 e. The Kier molecular flexibility index (Phi) is 4.19. The number of benzene rings is 1. The normalized spacial score (nSPS) is 16.5. The van der Waals surface area contributed by atoms with Gasteiger partial charge in [0.05, 0.1) is 6.54 Å². The van der Waals surface area contributed by atoms with Crippen molar-refractivity contribution in [3.05, 3.63) is 40.1 Å². The van der Waals surface area contributed by atoms with E-state index in [0.29, 0.717) is 19.8 Å². The van der Waals surface area contributed by atoms with Gasteiger partial charge < -0.3 is 14.4 Å². The predicted molar refractivity (Wildman–Crippen MR) is 95.0 cm³/mol. The maximum absolute atomic E-state index is 13.0. The summed E-state index contributed by atoms with van der Waals surface area (Å²) in [6.45, 7) is 3.84. The Balaban J connectivity index is 1.64. The summed E-state index contributed by atoms with van der Waals surface area (Å²) in [6, 6.07) is 10.0. The van der Waals surface area contributed by atoms with Crippen molar-refractivity contribution in [2.75, 3.05) is 18.1 Å². The zero-order valence-corrected chi connectivity index (χ0v) is 14.6. The van der Waals surface area contributed by atoms with Crippen LogP contribution >= 0.6 is 11.3 Å². The molecule has 0 radical (unpaired) electrons. The van der Waals surface area contributed by atoms with Gasteiger partial charge in [-0.3, -0.25) is 4.79 Å². The topological polar surface area (TPSA) is 38.8 Å². The molecule has 1 aliphatic heterocycles. The molecule has 0 bridgehead atoms. The van der Waals surface area contributed by atoms with Crippen molar-refractivity contribution in [2.24, 2.45) is 5.92 Å². The molecule has 1 aromatic heterocycles. The fourth-order valence-electron chi connectivity index (χ4n) is 3.10. The molecule has 5 heteroatoms. The SMILES string of the molecule is Cc1ccc(CN(C(=O)C2CCC2)c2ccc3c(c2)OCCO3)s1. The molecule has 1 fully saturated rings. The number of aryl methyl sites for hydroxylation is 1. The number of anilines is 1. The minimum absolute atomic E-state index is 0.166. The smallest absolute Gasteiger partial charge is 0.230 e. The summed E-state index contributed by atoms with van der Waals surface area (Å²) >= 11 is 1.74. The van der Waals surface area contributed by atoms with Crippen LogP contribution in [0, 0.1) is 12.8 Å². The molecule has 0 saturated heterocycles. The molecule has 4 nitrogen and oxygen atoms in total. The largest absolute Gasteiger partial charge is 0.486 e. The van der Waals surface area contributed by atoms with E-state index in [0.717, 1.165) is 36.4 Å². The van der Waals surface area contributed by atoms with Gasteiger partial charge in [0, 0.05) is 27.4 Å². The van der Waals surface area contributed by atoms with E-state index < -0.39 is 0 Å². The van der Waals surface area contributed by atoms with E-state index in [1.54, 1.807) is 11.3 Å². The van der Waals surface area contributed by atoms with Crippen molar-refractivity contribution in [3.8, 4) is 11.5 Å². The monoisotopic (exact) mass is 343 g/mol. The van der Waals surface area contributed by atoms with Crippen LogP contribution in [0.5, 0.6) is 11.5 Å². The fourth-order valence-corrected chi connectivity index (χ4v) is 3.98. The van der Waals surface area contributed by atoms with Gasteiger partial charge in [-0.25, -0.2) is 0 Å². The molecule has 1 aromatic carbocycles. The third-order valence-electron chi connectivity index (χ3n) is 4.67. The summed E-state index contributed by atoms with van der Waals surface area (Å²) < 4.78 is 11.3. The highest BCUT2D eigenvalue weighted by atomic mass is 32.1. The Morgan fingerprint density at radius 1 is 1.17 bits per heavy atom.